The highest BCUT2D eigenvalue weighted by Gasteiger charge is 2.91. The van der Waals surface area contributed by atoms with Crippen molar-refractivity contribution in [3.63, 3.8) is 0 Å². The lowest BCUT2D eigenvalue weighted by Gasteiger charge is -2.39. The van der Waals surface area contributed by atoms with Crippen molar-refractivity contribution < 1.29 is 134 Å². The van der Waals surface area contributed by atoms with E-state index in [4.69, 9.17) is 10.2 Å². The summed E-state index contributed by atoms with van der Waals surface area (Å²) in [5.41, 5.74) is 0. The summed E-state index contributed by atoms with van der Waals surface area (Å²) in [4.78, 5) is 19.7. The molecule has 0 bridgehead atoms. The van der Waals surface area contributed by atoms with E-state index >= 15 is 0 Å². The van der Waals surface area contributed by atoms with Gasteiger partial charge in [-0.3, -0.25) is 9.59 Å². The van der Waals surface area contributed by atoms with Gasteiger partial charge in [0, 0.05) is 24.3 Å². The number of thioether (sulfide) groups is 1. The van der Waals surface area contributed by atoms with Crippen LogP contribution in [0.5, 0.6) is 0 Å². The molecular weight excluding hydrogens is 898 g/mol. The lowest BCUT2D eigenvalue weighted by atomic mass is 9.92. The van der Waals surface area contributed by atoms with Gasteiger partial charge in [-0.2, -0.15) is 139 Å². The number of carboxylic acid groups (broad SMARTS) is 2. The zero-order valence-corrected chi connectivity index (χ0v) is 27.8. The molecule has 55 heavy (non-hydrogen) atoms. The first-order valence-electron chi connectivity index (χ1n) is 13.3. The van der Waals surface area contributed by atoms with Gasteiger partial charge in [-0.05, 0) is 5.75 Å². The third kappa shape index (κ3) is 11.9. The lowest BCUT2D eigenvalue weighted by Crippen LogP contribution is -2.70. The first-order chi connectivity index (χ1) is 23.7. The number of carbonyl (C=O) groups is 2. The van der Waals surface area contributed by atoms with E-state index in [0.717, 1.165) is 6.92 Å². The van der Waals surface area contributed by atoms with Crippen LogP contribution in [0.25, 0.3) is 0 Å². The normalized spacial score (nSPS) is 14.8. The molecule has 0 rings (SSSR count). The fourth-order valence-electron chi connectivity index (χ4n) is 2.79. The van der Waals surface area contributed by atoms with Crippen LogP contribution in [0.4, 0.5) is 114 Å². The number of alkyl halides is 26. The Morgan fingerprint density at radius 2 is 0.709 bits per heavy atom. The third-order valence-corrected chi connectivity index (χ3v) is 7.12. The molecule has 0 saturated heterocycles. The summed E-state index contributed by atoms with van der Waals surface area (Å²) in [6.45, 7) is 0.741. The van der Waals surface area contributed by atoms with Crippen LogP contribution in [0.1, 0.15) is 39.0 Å². The predicted molar refractivity (Wildman–Crippen MR) is 137 cm³/mol. The smallest absolute Gasteiger partial charge is 0.460 e. The Labute approximate surface area is 298 Å². The van der Waals surface area contributed by atoms with Gasteiger partial charge in [-0.25, -0.2) is 0 Å². The first kappa shape index (κ1) is 57.1. The van der Waals surface area contributed by atoms with Gasteiger partial charge >= 0.3 is 83.5 Å². The van der Waals surface area contributed by atoms with Gasteiger partial charge in [-0.1, -0.05) is 13.3 Å². The van der Waals surface area contributed by atoms with Crippen LogP contribution in [0.15, 0.2) is 0 Å². The van der Waals surface area contributed by atoms with Crippen LogP contribution in [0, 0.1) is 0 Å². The molecule has 0 aliphatic rings. The van der Waals surface area contributed by atoms with E-state index < -0.39 is 121 Å². The average molecular weight is 921 g/mol. The van der Waals surface area contributed by atoms with Gasteiger partial charge in [-0.15, -0.1) is 0 Å². The summed E-state index contributed by atoms with van der Waals surface area (Å²) in [6.07, 6.45) is -20.7. The van der Waals surface area contributed by atoms with Gasteiger partial charge in [0.25, 0.3) is 0 Å². The van der Waals surface area contributed by atoms with Crippen LogP contribution < -0.4 is 0 Å². The van der Waals surface area contributed by atoms with Crippen molar-refractivity contribution in [2.75, 3.05) is 17.3 Å². The molecule has 2 N–H and O–H groups in total. The molecule has 0 aromatic carbocycles. The van der Waals surface area contributed by atoms with Crippen molar-refractivity contribution in [1.82, 2.24) is 0 Å². The maximum absolute atomic E-state index is 13.3. The van der Waals surface area contributed by atoms with E-state index in [-0.39, 0.29) is 18.2 Å². The van der Waals surface area contributed by atoms with Crippen molar-refractivity contribution in [3.8, 4) is 0 Å². The van der Waals surface area contributed by atoms with Crippen LogP contribution in [-0.2, 0) is 9.59 Å². The van der Waals surface area contributed by atoms with Gasteiger partial charge in [0.2, 0.25) is 0 Å². The second kappa shape index (κ2) is 18.6. The zero-order chi connectivity index (χ0) is 45.5. The molecule has 0 saturated carbocycles. The van der Waals surface area contributed by atoms with Gasteiger partial charge in [0.15, 0.2) is 0 Å². The number of hydrogen-bond donors (Lipinski definition) is 3. The van der Waals surface area contributed by atoms with Crippen molar-refractivity contribution in [2.24, 2.45) is 0 Å². The Balaban J connectivity index is -0.000000867. The number of halogens is 26. The molecule has 32 heteroatoms. The Kier molecular flexibility index (Phi) is 19.3. The molecule has 0 aromatic rings. The lowest BCUT2D eigenvalue weighted by molar-refractivity contribution is -0.440. The summed E-state index contributed by atoms with van der Waals surface area (Å²) < 4.78 is 328. The molecule has 332 valence electrons. The SMILES string of the molecule is CCCC(F)(F)C(F)(F)C(F)(F)C(F)(F)C(F)(F)C(F)(F)F.O=C(O)CCS.O=C(O)CCSCCC(F)(F)C(F)(F)C(F)(F)C(F)(F)C(F)(F)C(F)(F)F. The standard InChI is InChI=1S/C11H9F13O2S.C9H7F13.C3H6O2S/c12-6(13,2-4-27-3-1-5(25)26)7(14,15)8(16,17)9(18,19)10(20,21)11(22,23)24;1-2-3-4(10,11)5(12,13)6(14,15)7(16,17)8(18,19)9(20,21)22;4-3(5)1-2-6/h1-4H2,(H,25,26);2-3H2,1H3;6H,1-2H2,(H,4,5). The van der Waals surface area contributed by atoms with Crippen LogP contribution in [0.3, 0.4) is 0 Å². The maximum Gasteiger partial charge on any atom is 0.460 e. The summed E-state index contributed by atoms with van der Waals surface area (Å²) in [6, 6.07) is 0. The van der Waals surface area contributed by atoms with Crippen molar-refractivity contribution in [3.05, 3.63) is 0 Å². The van der Waals surface area contributed by atoms with Crippen molar-refractivity contribution >= 4 is 36.3 Å². The van der Waals surface area contributed by atoms with Crippen molar-refractivity contribution in [2.45, 2.75) is 111 Å². The Morgan fingerprint density at radius 1 is 0.436 bits per heavy atom. The molecule has 0 fully saturated rings. The van der Waals surface area contributed by atoms with E-state index in [1.165, 1.54) is 0 Å². The predicted octanol–water partition coefficient (Wildman–Crippen LogP) is 11.2. The second-order valence-corrected chi connectivity index (χ2v) is 11.8. The molecule has 0 atom stereocenters. The summed E-state index contributed by atoms with van der Waals surface area (Å²) in [5, 5.41) is 16.1. The second-order valence-electron chi connectivity index (χ2n) is 10.1. The Bertz CT molecular complexity index is 1230. The number of carboxylic acids is 2. The van der Waals surface area contributed by atoms with E-state index in [1.807, 2.05) is 0 Å². The minimum absolute atomic E-state index is 0.156. The molecule has 4 nitrogen and oxygen atoms in total. The molecule has 0 heterocycles. The van der Waals surface area contributed by atoms with Crippen LogP contribution in [-0.4, -0.2) is 111 Å². The van der Waals surface area contributed by atoms with Gasteiger partial charge in [0.1, 0.15) is 0 Å². The molecule has 0 aromatic heterocycles. The van der Waals surface area contributed by atoms with E-state index in [2.05, 4.69) is 12.6 Å². The van der Waals surface area contributed by atoms with E-state index in [0.29, 0.717) is 5.75 Å². The first-order valence-corrected chi connectivity index (χ1v) is 15.1. The average Bonchev–Trinajstić information content (AvgIpc) is 2.95. The fourth-order valence-corrected chi connectivity index (χ4v) is 3.90. The summed E-state index contributed by atoms with van der Waals surface area (Å²) in [7, 11) is 0. The highest BCUT2D eigenvalue weighted by atomic mass is 32.2. The number of thiol groups is 1. The topological polar surface area (TPSA) is 74.6 Å². The molecule has 0 aliphatic heterocycles. The highest BCUT2D eigenvalue weighted by molar-refractivity contribution is 7.99. The van der Waals surface area contributed by atoms with Gasteiger partial charge in [0.05, 0.1) is 12.8 Å². The van der Waals surface area contributed by atoms with Crippen molar-refractivity contribution in [1.29, 1.82) is 0 Å². The number of rotatable bonds is 18. The Hall–Kier alpha value is -2.18. The quantitative estimate of drug-likeness (QED) is 0.0726. The van der Waals surface area contributed by atoms with E-state index in [1.54, 1.807) is 0 Å². The zero-order valence-electron chi connectivity index (χ0n) is 26.1. The van der Waals surface area contributed by atoms with Gasteiger partial charge < -0.3 is 10.2 Å². The monoisotopic (exact) mass is 920 g/mol. The molecule has 0 amide bonds. The molecule has 0 unspecified atom stereocenters. The molecule has 0 spiro atoms. The molecule has 0 aliphatic carbocycles. The number of hydrogen-bond acceptors (Lipinski definition) is 4. The minimum Gasteiger partial charge on any atom is -0.481 e. The summed E-state index contributed by atoms with van der Waals surface area (Å²) >= 11 is 3.88. The van der Waals surface area contributed by atoms with Crippen LogP contribution >= 0.6 is 24.4 Å². The number of aliphatic carboxylic acids is 2. The maximum atomic E-state index is 13.3. The summed E-state index contributed by atoms with van der Waals surface area (Å²) in [5.74, 6) is -76.5. The highest BCUT2D eigenvalue weighted by Crippen LogP contribution is 2.62. The van der Waals surface area contributed by atoms with E-state index in [9.17, 15) is 124 Å². The molecular formula is C23H22F26O4S2. The minimum atomic E-state index is -7.90. The van der Waals surface area contributed by atoms with Crippen LogP contribution in [0.2, 0.25) is 0 Å². The largest absolute Gasteiger partial charge is 0.481 e. The Morgan fingerprint density at radius 3 is 0.927 bits per heavy atom. The fraction of sp³-hybridized carbons (Fsp3) is 0.913. The third-order valence-electron chi connectivity index (χ3n) is 5.91. The molecule has 0 radical (unpaired) electrons.